The second-order valence-corrected chi connectivity index (χ2v) is 3.48. The van der Waals surface area contributed by atoms with E-state index < -0.39 is 0 Å². The van der Waals surface area contributed by atoms with Crippen molar-refractivity contribution in [3.8, 4) is 0 Å². The maximum absolute atomic E-state index is 5.82. The van der Waals surface area contributed by atoms with Crippen molar-refractivity contribution in [3.05, 3.63) is 41.2 Å². The highest BCUT2D eigenvalue weighted by molar-refractivity contribution is 6.30. The van der Waals surface area contributed by atoms with Gasteiger partial charge in [0.1, 0.15) is 0 Å². The van der Waals surface area contributed by atoms with Crippen LogP contribution in [-0.4, -0.2) is 5.01 Å². The highest BCUT2D eigenvalue weighted by Crippen LogP contribution is 2.19. The molecule has 1 aromatic rings. The predicted molar refractivity (Wildman–Crippen MR) is 56.8 cm³/mol. The number of anilines is 1. The van der Waals surface area contributed by atoms with Gasteiger partial charge in [0, 0.05) is 23.1 Å². The Labute approximate surface area is 87.3 Å². The highest BCUT2D eigenvalue weighted by atomic mass is 35.5. The van der Waals surface area contributed by atoms with Crippen LogP contribution in [0.4, 0.5) is 5.69 Å². The van der Waals surface area contributed by atoms with Crippen LogP contribution in [0.2, 0.25) is 5.02 Å². The molecule has 5 heteroatoms. The molecular weight excluding hydrogens is 200 g/mol. The fourth-order valence-corrected chi connectivity index (χ4v) is 1.45. The van der Waals surface area contributed by atoms with Crippen LogP contribution < -0.4 is 16.7 Å². The van der Waals surface area contributed by atoms with E-state index >= 15 is 0 Å². The smallest absolute Gasteiger partial charge is 0.0626 e. The first-order valence-corrected chi connectivity index (χ1v) is 4.62. The van der Waals surface area contributed by atoms with Gasteiger partial charge in [0.05, 0.1) is 6.54 Å². The van der Waals surface area contributed by atoms with Crippen molar-refractivity contribution in [2.24, 2.45) is 0 Å². The highest BCUT2D eigenvalue weighted by Gasteiger charge is 2.06. The topological polar surface area (TPSA) is 53.3 Å². The normalized spacial score (nSPS) is 14.5. The van der Waals surface area contributed by atoms with Gasteiger partial charge in [0.25, 0.3) is 0 Å². The molecule has 74 valence electrons. The van der Waals surface area contributed by atoms with Crippen LogP contribution in [0.25, 0.3) is 0 Å². The fourth-order valence-electron chi connectivity index (χ4n) is 1.27. The molecule has 1 heterocycles. The summed E-state index contributed by atoms with van der Waals surface area (Å²) < 4.78 is 0. The molecule has 0 fully saturated rings. The van der Waals surface area contributed by atoms with Gasteiger partial charge in [-0.1, -0.05) is 17.7 Å². The molecular formula is C9H11ClN4. The van der Waals surface area contributed by atoms with Gasteiger partial charge in [0.15, 0.2) is 0 Å². The molecule has 0 amide bonds. The van der Waals surface area contributed by atoms with Crippen LogP contribution in [0.3, 0.4) is 0 Å². The Hall–Kier alpha value is -1.39. The molecule has 0 spiro atoms. The number of nitrogens with two attached hydrogens (primary N) is 1. The lowest BCUT2D eigenvalue weighted by Gasteiger charge is -2.16. The number of hydrogen-bond donors (Lipinski definition) is 3. The molecule has 0 saturated carbocycles. The second-order valence-electron chi connectivity index (χ2n) is 3.04. The summed E-state index contributed by atoms with van der Waals surface area (Å²) in [5.41, 5.74) is 13.3. The van der Waals surface area contributed by atoms with Crippen molar-refractivity contribution in [1.29, 1.82) is 0 Å². The number of nitrogens with zero attached hydrogens (tertiary/aromatic N) is 1. The molecule has 1 aliphatic heterocycles. The summed E-state index contributed by atoms with van der Waals surface area (Å²) in [6.07, 6.45) is 3.71. The van der Waals surface area contributed by atoms with Crippen molar-refractivity contribution < 1.29 is 0 Å². The van der Waals surface area contributed by atoms with Crippen LogP contribution >= 0.6 is 11.6 Å². The Bertz CT molecular complexity index is 364. The van der Waals surface area contributed by atoms with E-state index in [4.69, 9.17) is 17.3 Å². The van der Waals surface area contributed by atoms with Gasteiger partial charge in [-0.25, -0.2) is 0 Å². The second kappa shape index (κ2) is 3.77. The molecule has 14 heavy (non-hydrogen) atoms. The van der Waals surface area contributed by atoms with Crippen molar-refractivity contribution in [2.75, 3.05) is 5.73 Å². The molecule has 4 nitrogen and oxygen atoms in total. The van der Waals surface area contributed by atoms with E-state index in [-0.39, 0.29) is 0 Å². The fraction of sp³-hybridized carbons (Fsp3) is 0.111. The molecule has 0 saturated heterocycles. The van der Waals surface area contributed by atoms with Gasteiger partial charge in [-0.05, 0) is 17.7 Å². The molecule has 0 radical (unpaired) electrons. The van der Waals surface area contributed by atoms with Crippen LogP contribution in [0.15, 0.2) is 30.6 Å². The zero-order valence-electron chi connectivity index (χ0n) is 7.50. The summed E-state index contributed by atoms with van der Waals surface area (Å²) in [6.45, 7) is 0.701. The third-order valence-corrected chi connectivity index (χ3v) is 2.23. The van der Waals surface area contributed by atoms with E-state index in [0.717, 1.165) is 5.56 Å². The SMILES string of the molecule is Nc1cc(Cl)ccc1CN1C=CNN1. The van der Waals surface area contributed by atoms with E-state index in [1.54, 1.807) is 6.07 Å². The van der Waals surface area contributed by atoms with Crippen molar-refractivity contribution in [2.45, 2.75) is 6.54 Å². The van der Waals surface area contributed by atoms with Crippen molar-refractivity contribution >= 4 is 17.3 Å². The lowest BCUT2D eigenvalue weighted by molar-refractivity contribution is 0.264. The van der Waals surface area contributed by atoms with Crippen molar-refractivity contribution in [1.82, 2.24) is 16.0 Å². The summed E-state index contributed by atoms with van der Waals surface area (Å²) in [6, 6.07) is 5.51. The average molecular weight is 211 g/mol. The minimum Gasteiger partial charge on any atom is -0.398 e. The Morgan fingerprint density at radius 3 is 2.93 bits per heavy atom. The summed E-state index contributed by atoms with van der Waals surface area (Å²) in [5, 5.41) is 2.55. The summed E-state index contributed by atoms with van der Waals surface area (Å²) in [4.78, 5) is 0. The molecule has 0 atom stereocenters. The quantitative estimate of drug-likeness (QED) is 0.643. The lowest BCUT2D eigenvalue weighted by Crippen LogP contribution is -2.34. The van der Waals surface area contributed by atoms with Gasteiger partial charge in [-0.2, -0.15) is 0 Å². The Balaban J connectivity index is 2.12. The Kier molecular flexibility index (Phi) is 2.47. The summed E-state index contributed by atoms with van der Waals surface area (Å²) in [7, 11) is 0. The zero-order chi connectivity index (χ0) is 9.97. The first-order chi connectivity index (χ1) is 6.75. The Morgan fingerprint density at radius 1 is 1.43 bits per heavy atom. The number of nitrogens with one attached hydrogen (secondary N) is 2. The van der Waals surface area contributed by atoms with Gasteiger partial charge in [-0.15, -0.1) is 5.53 Å². The van der Waals surface area contributed by atoms with Gasteiger partial charge in [-0.3, -0.25) is 5.01 Å². The standard InChI is InChI=1S/C9H11ClN4/c10-8-2-1-7(9(11)5-8)6-14-4-3-12-13-14/h1-5,12-13H,6,11H2. The molecule has 0 aliphatic carbocycles. The Morgan fingerprint density at radius 2 is 2.29 bits per heavy atom. The molecule has 0 unspecified atom stereocenters. The van der Waals surface area contributed by atoms with Crippen LogP contribution in [0.5, 0.6) is 0 Å². The molecule has 1 aromatic carbocycles. The zero-order valence-corrected chi connectivity index (χ0v) is 8.25. The third-order valence-electron chi connectivity index (χ3n) is 1.99. The molecule has 2 rings (SSSR count). The first kappa shape index (κ1) is 9.18. The number of hydrazine groups is 2. The minimum atomic E-state index is 0.661. The van der Waals surface area contributed by atoms with E-state index in [9.17, 15) is 0 Å². The number of rotatable bonds is 2. The molecule has 0 aromatic heterocycles. The monoisotopic (exact) mass is 210 g/mol. The number of nitrogen functional groups attached to an aromatic ring is 1. The van der Waals surface area contributed by atoms with Gasteiger partial charge >= 0.3 is 0 Å². The summed E-state index contributed by atoms with van der Waals surface area (Å²) >= 11 is 5.80. The van der Waals surface area contributed by atoms with Gasteiger partial charge < -0.3 is 11.2 Å². The first-order valence-electron chi connectivity index (χ1n) is 4.24. The molecule has 4 N–H and O–H groups in total. The van der Waals surface area contributed by atoms with E-state index in [2.05, 4.69) is 11.0 Å². The number of benzene rings is 1. The van der Waals surface area contributed by atoms with Crippen LogP contribution in [-0.2, 0) is 6.54 Å². The maximum atomic E-state index is 5.82. The summed E-state index contributed by atoms with van der Waals surface area (Å²) in [5.74, 6) is 0. The number of hydrogen-bond acceptors (Lipinski definition) is 4. The van der Waals surface area contributed by atoms with Crippen molar-refractivity contribution in [3.63, 3.8) is 0 Å². The molecule has 0 bridgehead atoms. The van der Waals surface area contributed by atoms with Crippen LogP contribution in [0.1, 0.15) is 5.56 Å². The molecule has 1 aliphatic rings. The van der Waals surface area contributed by atoms with Crippen LogP contribution in [0, 0.1) is 0 Å². The van der Waals surface area contributed by atoms with E-state index in [1.165, 1.54) is 0 Å². The largest absolute Gasteiger partial charge is 0.398 e. The van der Waals surface area contributed by atoms with Gasteiger partial charge in [0.2, 0.25) is 0 Å². The van der Waals surface area contributed by atoms with E-state index in [1.807, 2.05) is 29.5 Å². The maximum Gasteiger partial charge on any atom is 0.0626 e. The third kappa shape index (κ3) is 1.92. The van der Waals surface area contributed by atoms with E-state index in [0.29, 0.717) is 17.3 Å². The average Bonchev–Trinajstić information content (AvgIpc) is 2.62. The minimum absolute atomic E-state index is 0.661. The number of halogens is 1. The lowest BCUT2D eigenvalue weighted by atomic mass is 10.2. The predicted octanol–water partition coefficient (Wildman–Crippen LogP) is 1.22.